The van der Waals surface area contributed by atoms with Gasteiger partial charge < -0.3 is 5.32 Å². The summed E-state index contributed by atoms with van der Waals surface area (Å²) in [6.07, 6.45) is 0. The van der Waals surface area contributed by atoms with Crippen LogP contribution in [0.1, 0.15) is 13.8 Å². The van der Waals surface area contributed by atoms with Crippen molar-refractivity contribution in [2.75, 3.05) is 13.1 Å². The van der Waals surface area contributed by atoms with E-state index in [4.69, 9.17) is 0 Å². The highest BCUT2D eigenvalue weighted by atomic mass is 32.2. The summed E-state index contributed by atoms with van der Waals surface area (Å²) in [6, 6.07) is 10.6. The third-order valence-electron chi connectivity index (χ3n) is 1.79. The summed E-state index contributed by atoms with van der Waals surface area (Å²) in [4.78, 5) is 1.39. The van der Waals surface area contributed by atoms with Gasteiger partial charge in [-0.15, -0.1) is 11.8 Å². The van der Waals surface area contributed by atoms with E-state index in [0.717, 1.165) is 5.25 Å². The van der Waals surface area contributed by atoms with Gasteiger partial charge in [-0.25, -0.2) is 0 Å². The highest BCUT2D eigenvalue weighted by Crippen LogP contribution is 2.24. The van der Waals surface area contributed by atoms with Crippen LogP contribution in [-0.2, 0) is 0 Å². The molecule has 1 aromatic rings. The second-order valence-corrected chi connectivity index (χ2v) is 4.08. The third-order valence-corrected chi connectivity index (χ3v) is 3.00. The summed E-state index contributed by atoms with van der Waals surface area (Å²) in [6.45, 7) is 6.33. The maximum atomic E-state index is 3.26. The lowest BCUT2D eigenvalue weighted by Crippen LogP contribution is -2.44. The van der Waals surface area contributed by atoms with Crippen molar-refractivity contribution in [2.24, 2.45) is 0 Å². The lowest BCUT2D eigenvalue weighted by molar-refractivity contribution is 0.544. The van der Waals surface area contributed by atoms with Crippen molar-refractivity contribution in [1.82, 2.24) is 5.32 Å². The largest absolute Gasteiger partial charge is 0.314 e. The molecule has 2 rings (SSSR count). The van der Waals surface area contributed by atoms with Crippen LogP contribution < -0.4 is 5.32 Å². The van der Waals surface area contributed by atoms with Crippen molar-refractivity contribution in [1.29, 1.82) is 0 Å². The molecule has 1 saturated heterocycles. The maximum Gasteiger partial charge on any atom is 0.0344 e. The Morgan fingerprint density at radius 2 is 1.77 bits per heavy atom. The monoisotopic (exact) mass is 195 g/mol. The van der Waals surface area contributed by atoms with Gasteiger partial charge in [-0.3, -0.25) is 0 Å². The standard InChI is InChI=1S/C9H11NS.C2H6/c1-2-4-8(5-3-1)11-9-6-10-7-9;1-2/h1-5,9-10H,6-7H2;1-2H3. The Balaban J connectivity index is 0.000000396. The summed E-state index contributed by atoms with van der Waals surface area (Å²) >= 11 is 1.97. The van der Waals surface area contributed by atoms with Crippen molar-refractivity contribution >= 4 is 11.8 Å². The Kier molecular flexibility index (Phi) is 4.94. The fraction of sp³-hybridized carbons (Fsp3) is 0.455. The average molecular weight is 195 g/mol. The molecule has 0 radical (unpaired) electrons. The number of hydrogen-bond donors (Lipinski definition) is 1. The normalized spacial score (nSPS) is 15.5. The molecule has 1 fully saturated rings. The van der Waals surface area contributed by atoms with Crippen LogP contribution in [0, 0.1) is 0 Å². The lowest BCUT2D eigenvalue weighted by Gasteiger charge is -2.26. The van der Waals surface area contributed by atoms with E-state index >= 15 is 0 Å². The first-order chi connectivity index (χ1) is 6.45. The van der Waals surface area contributed by atoms with Gasteiger partial charge in [-0.1, -0.05) is 32.0 Å². The molecule has 1 nitrogen and oxygen atoms in total. The average Bonchev–Trinajstić information content (AvgIpc) is 2.17. The van der Waals surface area contributed by atoms with E-state index in [9.17, 15) is 0 Å². The van der Waals surface area contributed by atoms with Gasteiger partial charge in [-0.2, -0.15) is 0 Å². The van der Waals surface area contributed by atoms with E-state index in [-0.39, 0.29) is 0 Å². The molecule has 0 aromatic heterocycles. The van der Waals surface area contributed by atoms with Crippen molar-refractivity contribution < 1.29 is 0 Å². The highest BCUT2D eigenvalue weighted by molar-refractivity contribution is 8.00. The quantitative estimate of drug-likeness (QED) is 0.779. The summed E-state index contributed by atoms with van der Waals surface area (Å²) in [5, 5.41) is 4.06. The fourth-order valence-corrected chi connectivity index (χ4v) is 2.14. The molecule has 0 aliphatic carbocycles. The number of nitrogens with one attached hydrogen (secondary N) is 1. The molecule has 72 valence electrons. The lowest BCUT2D eigenvalue weighted by atomic mass is 10.3. The molecule has 1 aliphatic heterocycles. The third kappa shape index (κ3) is 3.41. The molecule has 2 heteroatoms. The van der Waals surface area contributed by atoms with Gasteiger partial charge >= 0.3 is 0 Å². The molecular weight excluding hydrogens is 178 g/mol. The van der Waals surface area contributed by atoms with Gasteiger partial charge in [0.15, 0.2) is 0 Å². The van der Waals surface area contributed by atoms with E-state index in [0.29, 0.717) is 0 Å². The summed E-state index contributed by atoms with van der Waals surface area (Å²) in [5.41, 5.74) is 0. The zero-order valence-corrected chi connectivity index (χ0v) is 9.10. The summed E-state index contributed by atoms with van der Waals surface area (Å²) in [7, 11) is 0. The van der Waals surface area contributed by atoms with E-state index in [1.165, 1.54) is 18.0 Å². The van der Waals surface area contributed by atoms with E-state index in [2.05, 4.69) is 35.6 Å². The topological polar surface area (TPSA) is 12.0 Å². The van der Waals surface area contributed by atoms with Crippen LogP contribution in [-0.4, -0.2) is 18.3 Å². The fourth-order valence-electron chi connectivity index (χ4n) is 1.04. The predicted octanol–water partition coefficient (Wildman–Crippen LogP) is 2.78. The van der Waals surface area contributed by atoms with Crippen LogP contribution in [0.4, 0.5) is 0 Å². The van der Waals surface area contributed by atoms with Gasteiger partial charge in [0.1, 0.15) is 0 Å². The minimum Gasteiger partial charge on any atom is -0.314 e. The van der Waals surface area contributed by atoms with Gasteiger partial charge in [0.05, 0.1) is 0 Å². The van der Waals surface area contributed by atoms with Gasteiger partial charge in [0.2, 0.25) is 0 Å². The van der Waals surface area contributed by atoms with Crippen LogP contribution in [0.25, 0.3) is 0 Å². The van der Waals surface area contributed by atoms with Crippen molar-refractivity contribution in [3.05, 3.63) is 30.3 Å². The number of rotatable bonds is 2. The Bertz CT molecular complexity index is 219. The van der Waals surface area contributed by atoms with Crippen LogP contribution in [0.5, 0.6) is 0 Å². The predicted molar refractivity (Wildman–Crippen MR) is 60.3 cm³/mol. The second-order valence-electron chi connectivity index (χ2n) is 2.71. The van der Waals surface area contributed by atoms with E-state index < -0.39 is 0 Å². The van der Waals surface area contributed by atoms with Crippen molar-refractivity contribution in [3.63, 3.8) is 0 Å². The Morgan fingerprint density at radius 3 is 2.23 bits per heavy atom. The minimum atomic E-state index is 0.803. The van der Waals surface area contributed by atoms with Gasteiger partial charge in [-0.05, 0) is 12.1 Å². The molecule has 0 saturated carbocycles. The van der Waals surface area contributed by atoms with E-state index in [1.807, 2.05) is 25.6 Å². The smallest absolute Gasteiger partial charge is 0.0344 e. The molecule has 0 bridgehead atoms. The summed E-state index contributed by atoms with van der Waals surface area (Å²) < 4.78 is 0. The maximum absolute atomic E-state index is 3.26. The molecule has 1 N–H and O–H groups in total. The number of benzene rings is 1. The molecule has 0 amide bonds. The molecule has 0 unspecified atom stereocenters. The highest BCUT2D eigenvalue weighted by Gasteiger charge is 2.16. The SMILES string of the molecule is CC.c1ccc(SC2CNC2)cc1. The molecule has 0 spiro atoms. The second kappa shape index (κ2) is 6.06. The van der Waals surface area contributed by atoms with Crippen LogP contribution in [0.15, 0.2) is 35.2 Å². The van der Waals surface area contributed by atoms with Gasteiger partial charge in [0.25, 0.3) is 0 Å². The first-order valence-electron chi connectivity index (χ1n) is 4.87. The zero-order valence-electron chi connectivity index (χ0n) is 8.29. The molecule has 1 aliphatic rings. The van der Waals surface area contributed by atoms with Crippen LogP contribution in [0.3, 0.4) is 0 Å². The van der Waals surface area contributed by atoms with Gasteiger partial charge in [0, 0.05) is 23.2 Å². The van der Waals surface area contributed by atoms with Crippen LogP contribution >= 0.6 is 11.8 Å². The van der Waals surface area contributed by atoms with Crippen molar-refractivity contribution in [3.8, 4) is 0 Å². The molecule has 1 aromatic carbocycles. The minimum absolute atomic E-state index is 0.803. The van der Waals surface area contributed by atoms with Crippen LogP contribution in [0.2, 0.25) is 0 Å². The Labute approximate surface area is 84.9 Å². The number of hydrogen-bond acceptors (Lipinski definition) is 2. The Hall–Kier alpha value is -0.470. The zero-order chi connectivity index (χ0) is 9.52. The number of thioether (sulfide) groups is 1. The summed E-state index contributed by atoms with van der Waals surface area (Å²) in [5.74, 6) is 0. The first-order valence-corrected chi connectivity index (χ1v) is 5.75. The first kappa shape index (κ1) is 10.6. The molecule has 0 atom stereocenters. The molecule has 1 heterocycles. The van der Waals surface area contributed by atoms with E-state index in [1.54, 1.807) is 0 Å². The molecular formula is C11H17NS. The Morgan fingerprint density at radius 1 is 1.15 bits per heavy atom. The molecule has 13 heavy (non-hydrogen) atoms. The van der Waals surface area contributed by atoms with Crippen molar-refractivity contribution in [2.45, 2.75) is 24.0 Å².